The van der Waals surface area contributed by atoms with Crippen molar-refractivity contribution in [2.45, 2.75) is 84.7 Å². The molecule has 4 rings (SSSR count). The molecule has 8 atom stereocenters. The smallest absolute Gasteiger partial charge is 0.142 e. The molecule has 0 aromatic rings. The van der Waals surface area contributed by atoms with Crippen molar-refractivity contribution in [3.05, 3.63) is 0 Å². The van der Waals surface area contributed by atoms with Gasteiger partial charge < -0.3 is 5.11 Å². The van der Waals surface area contributed by atoms with Gasteiger partial charge in [-0.2, -0.15) is 0 Å². The van der Waals surface area contributed by atoms with E-state index in [0.717, 1.165) is 49.9 Å². The van der Waals surface area contributed by atoms with E-state index < -0.39 is 0 Å². The molecule has 4 fully saturated rings. The first-order valence-electron chi connectivity index (χ1n) is 10.1. The first-order valence-corrected chi connectivity index (χ1v) is 10.1. The largest absolute Gasteiger partial charge is 0.393 e. The lowest BCUT2D eigenvalue weighted by atomic mass is 9.45. The minimum absolute atomic E-state index is 0.0147. The van der Waals surface area contributed by atoms with Gasteiger partial charge in [0.2, 0.25) is 0 Å². The van der Waals surface area contributed by atoms with E-state index in [1.807, 2.05) is 0 Å². The third-order valence-electron chi connectivity index (χ3n) is 8.99. The third kappa shape index (κ3) is 2.12. The molecular weight excluding hydrogens is 284 g/mol. The van der Waals surface area contributed by atoms with Gasteiger partial charge in [-0.3, -0.25) is 4.79 Å². The molecule has 0 heterocycles. The van der Waals surface area contributed by atoms with Gasteiger partial charge in [-0.05, 0) is 86.9 Å². The van der Waals surface area contributed by atoms with Crippen LogP contribution in [0.2, 0.25) is 0 Å². The summed E-state index contributed by atoms with van der Waals surface area (Å²) in [5.41, 5.74) is 0.413. The Kier molecular flexibility index (Phi) is 3.72. The van der Waals surface area contributed by atoms with E-state index in [1.165, 1.54) is 25.7 Å². The van der Waals surface area contributed by atoms with Crippen molar-refractivity contribution in [3.8, 4) is 0 Å². The van der Waals surface area contributed by atoms with Crippen molar-refractivity contribution in [2.75, 3.05) is 0 Å². The first-order chi connectivity index (χ1) is 10.9. The lowest BCUT2D eigenvalue weighted by molar-refractivity contribution is -0.143. The molecule has 0 bridgehead atoms. The zero-order valence-electron chi connectivity index (χ0n) is 15.2. The highest BCUT2D eigenvalue weighted by molar-refractivity contribution is 5.89. The maximum absolute atomic E-state index is 12.9. The summed E-state index contributed by atoms with van der Waals surface area (Å²) in [7, 11) is 0. The maximum atomic E-state index is 12.9. The van der Waals surface area contributed by atoms with E-state index in [2.05, 4.69) is 20.8 Å². The Hall–Kier alpha value is -0.370. The number of carbonyl (C=O) groups excluding carboxylic acids is 1. The van der Waals surface area contributed by atoms with Crippen LogP contribution >= 0.6 is 0 Å². The second-order valence-electron chi connectivity index (χ2n) is 9.75. The Morgan fingerprint density at radius 2 is 1.83 bits per heavy atom. The molecule has 0 amide bonds. The molecule has 0 aromatic heterocycles. The Balaban J connectivity index is 1.63. The molecule has 0 aliphatic heterocycles. The molecule has 0 spiro atoms. The van der Waals surface area contributed by atoms with E-state index in [0.29, 0.717) is 23.0 Å². The second-order valence-corrected chi connectivity index (χ2v) is 9.75. The van der Waals surface area contributed by atoms with Gasteiger partial charge in [-0.15, -0.1) is 0 Å². The molecule has 0 radical (unpaired) electrons. The van der Waals surface area contributed by atoms with Crippen LogP contribution in [-0.2, 0) is 4.79 Å². The summed E-state index contributed by atoms with van der Waals surface area (Å²) in [5, 5.41) is 10.1. The van der Waals surface area contributed by atoms with Crippen molar-refractivity contribution >= 4 is 5.78 Å². The van der Waals surface area contributed by atoms with Crippen LogP contribution < -0.4 is 0 Å². The number of carbonyl (C=O) groups is 1. The maximum Gasteiger partial charge on any atom is 0.142 e. The average Bonchev–Trinajstić information content (AvgIpc) is 2.79. The first kappa shape index (κ1) is 16.1. The molecule has 2 heteroatoms. The summed E-state index contributed by atoms with van der Waals surface area (Å²) >= 11 is 0. The van der Waals surface area contributed by atoms with Gasteiger partial charge in [-0.1, -0.05) is 20.8 Å². The van der Waals surface area contributed by atoms with Gasteiger partial charge in [-0.25, -0.2) is 0 Å². The van der Waals surface area contributed by atoms with Crippen molar-refractivity contribution in [1.29, 1.82) is 0 Å². The SMILES string of the molecule is CC[C@@H]1C[C@H]2[C@@H]3CC[C@H]4C[C@@H](O)CC[C@]4(C)[C@H]3CC[C@]2(C)C1=O. The summed E-state index contributed by atoms with van der Waals surface area (Å²) in [6, 6.07) is 0. The Bertz CT molecular complexity index is 500. The van der Waals surface area contributed by atoms with Crippen molar-refractivity contribution in [3.63, 3.8) is 0 Å². The van der Waals surface area contributed by atoms with Crippen molar-refractivity contribution < 1.29 is 9.90 Å². The average molecular weight is 319 g/mol. The van der Waals surface area contributed by atoms with Crippen LogP contribution in [0.5, 0.6) is 0 Å². The highest BCUT2D eigenvalue weighted by atomic mass is 16.3. The van der Waals surface area contributed by atoms with E-state index in [1.54, 1.807) is 0 Å². The number of rotatable bonds is 1. The highest BCUT2D eigenvalue weighted by Gasteiger charge is 2.61. The summed E-state index contributed by atoms with van der Waals surface area (Å²) in [4.78, 5) is 12.9. The van der Waals surface area contributed by atoms with Gasteiger partial charge in [0.15, 0.2) is 0 Å². The summed E-state index contributed by atoms with van der Waals surface area (Å²) in [6.45, 7) is 7.02. The topological polar surface area (TPSA) is 37.3 Å². The standard InChI is InChI=1S/C21H34O2/c1-4-13-11-18-16-6-5-14-12-15(22)7-9-20(14,2)17(16)8-10-21(18,3)19(13)23/h13-18,22H,4-12H2,1-3H3/t13-,14+,15+,16-,17+,18+,20+,21+/m1/s1. The normalized spacial score (nSPS) is 55.9. The minimum Gasteiger partial charge on any atom is -0.393 e. The number of Topliss-reactive ketones (excluding diaryl/α,β-unsaturated/α-hetero) is 1. The van der Waals surface area contributed by atoms with Crippen LogP contribution in [0.3, 0.4) is 0 Å². The summed E-state index contributed by atoms with van der Waals surface area (Å²) in [5.74, 6) is 3.86. The fourth-order valence-corrected chi connectivity index (χ4v) is 7.53. The number of hydrogen-bond donors (Lipinski definition) is 1. The zero-order chi connectivity index (χ0) is 16.4. The number of ketones is 1. The lowest BCUT2D eigenvalue weighted by Crippen LogP contribution is -2.54. The molecule has 130 valence electrons. The van der Waals surface area contributed by atoms with E-state index in [4.69, 9.17) is 0 Å². The number of hydrogen-bond acceptors (Lipinski definition) is 2. The van der Waals surface area contributed by atoms with Crippen LogP contribution in [0.25, 0.3) is 0 Å². The van der Waals surface area contributed by atoms with Gasteiger partial charge in [0.05, 0.1) is 6.10 Å². The van der Waals surface area contributed by atoms with Gasteiger partial charge in [0.1, 0.15) is 5.78 Å². The molecule has 2 nitrogen and oxygen atoms in total. The monoisotopic (exact) mass is 318 g/mol. The third-order valence-corrected chi connectivity index (χ3v) is 8.99. The van der Waals surface area contributed by atoms with Crippen LogP contribution in [-0.4, -0.2) is 17.0 Å². The Labute approximate surface area is 141 Å². The zero-order valence-corrected chi connectivity index (χ0v) is 15.2. The van der Waals surface area contributed by atoms with Crippen LogP contribution in [0.4, 0.5) is 0 Å². The summed E-state index contributed by atoms with van der Waals surface area (Å²) < 4.78 is 0. The fraction of sp³-hybridized carbons (Fsp3) is 0.952. The van der Waals surface area contributed by atoms with Gasteiger partial charge in [0, 0.05) is 11.3 Å². The molecule has 23 heavy (non-hydrogen) atoms. The predicted octanol–water partition coefficient (Wildman–Crippen LogP) is 4.60. The van der Waals surface area contributed by atoms with E-state index in [9.17, 15) is 9.90 Å². The molecule has 0 aromatic carbocycles. The highest BCUT2D eigenvalue weighted by Crippen LogP contribution is 2.66. The Morgan fingerprint density at radius 1 is 1.04 bits per heavy atom. The van der Waals surface area contributed by atoms with E-state index in [-0.39, 0.29) is 11.5 Å². The lowest BCUT2D eigenvalue weighted by Gasteiger charge is -2.60. The molecule has 1 N–H and O–H groups in total. The molecule has 4 saturated carbocycles. The van der Waals surface area contributed by atoms with Crippen LogP contribution in [0.1, 0.15) is 78.6 Å². The van der Waals surface area contributed by atoms with Crippen LogP contribution in [0, 0.1) is 40.4 Å². The molecule has 4 aliphatic rings. The number of fused-ring (bicyclic) bond motifs is 5. The minimum atomic E-state index is -0.0592. The number of aliphatic hydroxyl groups excluding tert-OH is 1. The number of aliphatic hydroxyl groups is 1. The quantitative estimate of drug-likeness (QED) is 0.767. The fourth-order valence-electron chi connectivity index (χ4n) is 7.53. The van der Waals surface area contributed by atoms with Gasteiger partial charge >= 0.3 is 0 Å². The molecular formula is C21H34O2. The summed E-state index contributed by atoms with van der Waals surface area (Å²) in [6.07, 6.45) is 10.3. The van der Waals surface area contributed by atoms with Crippen molar-refractivity contribution in [1.82, 2.24) is 0 Å². The molecule has 0 saturated heterocycles. The predicted molar refractivity (Wildman–Crippen MR) is 91.9 cm³/mol. The molecule has 4 aliphatic carbocycles. The van der Waals surface area contributed by atoms with Crippen LogP contribution in [0.15, 0.2) is 0 Å². The molecule has 0 unspecified atom stereocenters. The van der Waals surface area contributed by atoms with Crippen molar-refractivity contribution in [2.24, 2.45) is 40.4 Å². The van der Waals surface area contributed by atoms with E-state index >= 15 is 0 Å². The second kappa shape index (κ2) is 5.31. The van der Waals surface area contributed by atoms with Gasteiger partial charge in [0.25, 0.3) is 0 Å². The Morgan fingerprint density at radius 3 is 2.57 bits per heavy atom.